The molecule has 0 unspecified atom stereocenters. The Bertz CT molecular complexity index is 401. The van der Waals surface area contributed by atoms with E-state index < -0.39 is 0 Å². The monoisotopic (exact) mass is 360 g/mol. The molecule has 0 saturated carbocycles. The molecule has 0 bridgehead atoms. The van der Waals surface area contributed by atoms with Crippen LogP contribution in [0.15, 0.2) is 18.3 Å². The Hall–Kier alpha value is -0.730. The first-order valence-electron chi connectivity index (χ1n) is 5.97. The first-order chi connectivity index (χ1) is 8.70. The summed E-state index contributed by atoms with van der Waals surface area (Å²) in [5.41, 5.74) is 1.62. The van der Waals surface area contributed by atoms with Gasteiger partial charge in [-0.2, -0.15) is 0 Å². The fraction of sp³-hybridized carbons (Fsp3) is 0.500. The standard InChI is InChI=1S/C12H17IN4O/c1-16-4-6-17(7-5-16)12(18)10-2-3-11(9-15-13)14-8-10/h2-3,8,15H,4-7,9H2,1H3. The Morgan fingerprint density at radius 2 is 2.11 bits per heavy atom. The summed E-state index contributed by atoms with van der Waals surface area (Å²) >= 11 is 2.08. The Morgan fingerprint density at radius 3 is 2.67 bits per heavy atom. The fourth-order valence-electron chi connectivity index (χ4n) is 1.92. The molecule has 1 amide bonds. The van der Waals surface area contributed by atoms with Gasteiger partial charge < -0.3 is 9.80 Å². The Labute approximate surface area is 121 Å². The van der Waals surface area contributed by atoms with Crippen molar-refractivity contribution in [2.75, 3.05) is 33.2 Å². The van der Waals surface area contributed by atoms with Crippen molar-refractivity contribution in [3.63, 3.8) is 0 Å². The fourth-order valence-corrected chi connectivity index (χ4v) is 2.31. The van der Waals surface area contributed by atoms with Crippen molar-refractivity contribution in [2.45, 2.75) is 6.54 Å². The number of rotatable bonds is 3. The molecule has 0 aromatic carbocycles. The van der Waals surface area contributed by atoms with E-state index in [-0.39, 0.29) is 5.91 Å². The van der Waals surface area contributed by atoms with Gasteiger partial charge in [-0.25, -0.2) is 0 Å². The van der Waals surface area contributed by atoms with Gasteiger partial charge in [0.15, 0.2) is 0 Å². The van der Waals surface area contributed by atoms with Crippen molar-refractivity contribution in [1.29, 1.82) is 0 Å². The number of hydrogen-bond donors (Lipinski definition) is 1. The second-order valence-corrected chi connectivity index (χ2v) is 5.21. The molecule has 6 heteroatoms. The van der Waals surface area contributed by atoms with Gasteiger partial charge in [0, 0.05) is 61.8 Å². The number of nitrogens with zero attached hydrogens (tertiary/aromatic N) is 3. The lowest BCUT2D eigenvalue weighted by Gasteiger charge is -2.32. The zero-order chi connectivity index (χ0) is 13.0. The molecule has 1 fully saturated rings. The van der Waals surface area contributed by atoms with Crippen LogP contribution in [0, 0.1) is 0 Å². The van der Waals surface area contributed by atoms with Crippen LogP contribution in [0.1, 0.15) is 16.1 Å². The summed E-state index contributed by atoms with van der Waals surface area (Å²) in [4.78, 5) is 20.6. The summed E-state index contributed by atoms with van der Waals surface area (Å²) in [7, 11) is 2.08. The molecular formula is C12H17IN4O. The number of halogens is 1. The first kappa shape index (κ1) is 13.7. The Balaban J connectivity index is 2.00. The average molecular weight is 360 g/mol. The molecule has 0 atom stereocenters. The van der Waals surface area contributed by atoms with Gasteiger partial charge in [0.05, 0.1) is 11.3 Å². The van der Waals surface area contributed by atoms with Crippen LogP contribution in [0.25, 0.3) is 0 Å². The Kier molecular flexibility index (Phi) is 4.90. The quantitative estimate of drug-likeness (QED) is 0.643. The average Bonchev–Trinajstić information content (AvgIpc) is 2.40. The number of carbonyl (C=O) groups excluding carboxylic acids is 1. The first-order valence-corrected chi connectivity index (χ1v) is 7.05. The van der Waals surface area contributed by atoms with Crippen LogP contribution < -0.4 is 3.53 Å². The van der Waals surface area contributed by atoms with Crippen LogP contribution in [0.3, 0.4) is 0 Å². The van der Waals surface area contributed by atoms with Gasteiger partial charge in [-0.05, 0) is 19.2 Å². The minimum Gasteiger partial charge on any atom is -0.336 e. The number of amides is 1. The lowest BCUT2D eigenvalue weighted by atomic mass is 10.2. The van der Waals surface area contributed by atoms with Crippen molar-refractivity contribution in [3.8, 4) is 0 Å². The molecule has 1 saturated heterocycles. The molecule has 1 aliphatic heterocycles. The van der Waals surface area contributed by atoms with Gasteiger partial charge >= 0.3 is 0 Å². The molecule has 98 valence electrons. The van der Waals surface area contributed by atoms with E-state index >= 15 is 0 Å². The van der Waals surface area contributed by atoms with Crippen LogP contribution in [0.5, 0.6) is 0 Å². The number of likely N-dealkylation sites (N-methyl/N-ethyl adjacent to an activating group) is 1. The summed E-state index contributed by atoms with van der Waals surface area (Å²) in [6.45, 7) is 4.19. The van der Waals surface area contributed by atoms with Crippen molar-refractivity contribution in [1.82, 2.24) is 18.3 Å². The number of hydrogen-bond acceptors (Lipinski definition) is 4. The summed E-state index contributed by atoms with van der Waals surface area (Å²) < 4.78 is 3.01. The molecule has 0 aliphatic carbocycles. The highest BCUT2D eigenvalue weighted by Gasteiger charge is 2.20. The van der Waals surface area contributed by atoms with Gasteiger partial charge in [-0.3, -0.25) is 13.3 Å². The zero-order valence-electron chi connectivity index (χ0n) is 10.4. The highest BCUT2D eigenvalue weighted by molar-refractivity contribution is 14.1. The highest BCUT2D eigenvalue weighted by atomic mass is 127. The number of nitrogens with one attached hydrogen (secondary N) is 1. The molecule has 18 heavy (non-hydrogen) atoms. The number of aromatic nitrogens is 1. The zero-order valence-corrected chi connectivity index (χ0v) is 12.6. The van der Waals surface area contributed by atoms with E-state index in [1.54, 1.807) is 6.20 Å². The summed E-state index contributed by atoms with van der Waals surface area (Å²) in [5.74, 6) is 0.0876. The number of carbonyl (C=O) groups is 1. The van der Waals surface area contributed by atoms with Crippen LogP contribution in [-0.4, -0.2) is 53.9 Å². The maximum atomic E-state index is 12.2. The number of piperazine rings is 1. The lowest BCUT2D eigenvalue weighted by Crippen LogP contribution is -2.47. The van der Waals surface area contributed by atoms with E-state index in [1.807, 2.05) is 17.0 Å². The molecule has 0 radical (unpaired) electrons. The van der Waals surface area contributed by atoms with E-state index in [0.717, 1.165) is 31.9 Å². The summed E-state index contributed by atoms with van der Waals surface area (Å²) in [5, 5.41) is 0. The lowest BCUT2D eigenvalue weighted by molar-refractivity contribution is 0.0663. The van der Waals surface area contributed by atoms with E-state index in [2.05, 4.69) is 43.3 Å². The second kappa shape index (κ2) is 6.44. The van der Waals surface area contributed by atoms with Gasteiger partial charge in [0.1, 0.15) is 0 Å². The molecule has 1 aromatic heterocycles. The highest BCUT2D eigenvalue weighted by Crippen LogP contribution is 2.08. The molecular weight excluding hydrogens is 343 g/mol. The van der Waals surface area contributed by atoms with Crippen LogP contribution >= 0.6 is 22.9 Å². The molecule has 2 heterocycles. The normalized spacial score (nSPS) is 16.9. The van der Waals surface area contributed by atoms with E-state index in [1.165, 1.54) is 0 Å². The third-order valence-corrected chi connectivity index (χ3v) is 3.49. The summed E-state index contributed by atoms with van der Waals surface area (Å²) in [6.07, 6.45) is 1.67. The van der Waals surface area contributed by atoms with E-state index in [4.69, 9.17) is 0 Å². The second-order valence-electron chi connectivity index (χ2n) is 4.44. The molecule has 1 aromatic rings. The van der Waals surface area contributed by atoms with Gasteiger partial charge in [-0.15, -0.1) is 0 Å². The van der Waals surface area contributed by atoms with Crippen molar-refractivity contribution in [3.05, 3.63) is 29.6 Å². The van der Waals surface area contributed by atoms with Crippen molar-refractivity contribution in [2.24, 2.45) is 0 Å². The number of pyridine rings is 1. The molecule has 2 rings (SSSR count). The minimum atomic E-state index is 0.0876. The van der Waals surface area contributed by atoms with Crippen molar-refractivity contribution < 1.29 is 4.79 Å². The van der Waals surface area contributed by atoms with Crippen LogP contribution in [0.4, 0.5) is 0 Å². The van der Waals surface area contributed by atoms with Gasteiger partial charge in [-0.1, -0.05) is 0 Å². The maximum Gasteiger partial charge on any atom is 0.255 e. The van der Waals surface area contributed by atoms with E-state index in [0.29, 0.717) is 12.1 Å². The predicted molar refractivity (Wildman–Crippen MR) is 78.5 cm³/mol. The van der Waals surface area contributed by atoms with Crippen molar-refractivity contribution >= 4 is 28.8 Å². The largest absolute Gasteiger partial charge is 0.336 e. The molecule has 1 aliphatic rings. The third kappa shape index (κ3) is 3.39. The maximum absolute atomic E-state index is 12.2. The summed E-state index contributed by atoms with van der Waals surface area (Å²) in [6, 6.07) is 3.76. The van der Waals surface area contributed by atoms with Crippen LogP contribution in [0.2, 0.25) is 0 Å². The van der Waals surface area contributed by atoms with Crippen LogP contribution in [-0.2, 0) is 6.54 Å². The third-order valence-electron chi connectivity index (χ3n) is 3.11. The molecule has 1 N–H and O–H groups in total. The Morgan fingerprint density at radius 1 is 1.39 bits per heavy atom. The van der Waals surface area contributed by atoms with Gasteiger partial charge in [0.25, 0.3) is 5.91 Å². The molecule has 0 spiro atoms. The predicted octanol–water partition coefficient (Wildman–Crippen LogP) is 0.909. The topological polar surface area (TPSA) is 48.5 Å². The molecule has 5 nitrogen and oxygen atoms in total. The smallest absolute Gasteiger partial charge is 0.255 e. The van der Waals surface area contributed by atoms with Gasteiger partial charge in [0.2, 0.25) is 0 Å². The minimum absolute atomic E-state index is 0.0876. The van der Waals surface area contributed by atoms with E-state index in [9.17, 15) is 4.79 Å². The SMILES string of the molecule is CN1CCN(C(=O)c2ccc(CNI)nc2)CC1.